The standard InChI is InChI=1S/C31H28ClN3O5S/c32-25-15-17-26(18-16-25)41(38,39)34(20-24-11-5-2-6-12-24)22-30(36)35-21-29(40-28-14-8-7-13-27(28)35)31(37)33-19-23-9-3-1-4-10-23/h1-18,29H,19-22H2,(H,33,37). The van der Waals surface area contributed by atoms with Crippen LogP contribution in [0.4, 0.5) is 5.69 Å². The molecule has 1 heterocycles. The summed E-state index contributed by atoms with van der Waals surface area (Å²) in [6.07, 6.45) is -0.979. The van der Waals surface area contributed by atoms with Crippen LogP contribution in [0.5, 0.6) is 5.75 Å². The fraction of sp³-hybridized carbons (Fsp3) is 0.161. The molecule has 5 rings (SSSR count). The summed E-state index contributed by atoms with van der Waals surface area (Å²) in [7, 11) is -4.08. The van der Waals surface area contributed by atoms with E-state index in [1.165, 1.54) is 29.2 Å². The van der Waals surface area contributed by atoms with Gasteiger partial charge in [-0.15, -0.1) is 0 Å². The molecule has 0 aromatic heterocycles. The molecule has 0 bridgehead atoms. The molecule has 2 amide bonds. The van der Waals surface area contributed by atoms with Crippen molar-refractivity contribution in [2.45, 2.75) is 24.1 Å². The number of hydrogen-bond acceptors (Lipinski definition) is 5. The Bertz CT molecular complexity index is 1620. The molecule has 0 aliphatic carbocycles. The highest BCUT2D eigenvalue weighted by atomic mass is 35.5. The van der Waals surface area contributed by atoms with Crippen LogP contribution in [0.1, 0.15) is 11.1 Å². The third-order valence-corrected chi connectivity index (χ3v) is 8.70. The van der Waals surface area contributed by atoms with Gasteiger partial charge in [-0.05, 0) is 47.5 Å². The molecular formula is C31H28ClN3O5S. The fourth-order valence-electron chi connectivity index (χ4n) is 4.51. The Morgan fingerprint density at radius 1 is 0.854 bits per heavy atom. The Morgan fingerprint density at radius 3 is 2.15 bits per heavy atom. The van der Waals surface area contributed by atoms with E-state index in [4.69, 9.17) is 16.3 Å². The lowest BCUT2D eigenvalue weighted by molar-refractivity contribution is -0.128. The van der Waals surface area contributed by atoms with Gasteiger partial charge in [0.15, 0.2) is 6.10 Å². The Hall–Kier alpha value is -4.18. The molecule has 10 heteroatoms. The van der Waals surface area contributed by atoms with Gasteiger partial charge in [0.05, 0.1) is 23.7 Å². The van der Waals surface area contributed by atoms with Gasteiger partial charge in [0.25, 0.3) is 5.91 Å². The number of para-hydroxylation sites is 2. The number of benzene rings is 4. The molecule has 0 fully saturated rings. The number of nitrogens with one attached hydrogen (secondary N) is 1. The number of carbonyl (C=O) groups excluding carboxylic acids is 2. The first kappa shape index (κ1) is 28.4. The zero-order valence-electron chi connectivity index (χ0n) is 22.0. The number of nitrogens with zero attached hydrogens (tertiary/aromatic N) is 2. The molecule has 41 heavy (non-hydrogen) atoms. The lowest BCUT2D eigenvalue weighted by Gasteiger charge is -2.35. The van der Waals surface area contributed by atoms with Crippen molar-refractivity contribution in [3.63, 3.8) is 0 Å². The highest BCUT2D eigenvalue weighted by molar-refractivity contribution is 7.89. The van der Waals surface area contributed by atoms with E-state index in [0.717, 1.165) is 15.4 Å². The third-order valence-electron chi connectivity index (χ3n) is 6.64. The summed E-state index contributed by atoms with van der Waals surface area (Å²) < 4.78 is 34.6. The Morgan fingerprint density at radius 2 is 1.46 bits per heavy atom. The predicted octanol–water partition coefficient (Wildman–Crippen LogP) is 4.64. The SMILES string of the molecule is O=C(NCc1ccccc1)C1CN(C(=O)CN(Cc2ccccc2)S(=O)(=O)c2ccc(Cl)cc2)c2ccccc2O1. The van der Waals surface area contributed by atoms with Gasteiger partial charge in [-0.3, -0.25) is 9.59 Å². The minimum absolute atomic E-state index is 0.0196. The van der Waals surface area contributed by atoms with Gasteiger partial charge >= 0.3 is 0 Å². The molecule has 4 aromatic carbocycles. The average Bonchev–Trinajstić information content (AvgIpc) is 3.00. The van der Waals surface area contributed by atoms with Crippen LogP contribution in [0.2, 0.25) is 5.02 Å². The zero-order chi connectivity index (χ0) is 28.8. The number of halogens is 1. The second-order valence-electron chi connectivity index (χ2n) is 9.49. The predicted molar refractivity (Wildman–Crippen MR) is 157 cm³/mol. The molecule has 1 aliphatic heterocycles. The molecular weight excluding hydrogens is 562 g/mol. The zero-order valence-corrected chi connectivity index (χ0v) is 23.6. The molecule has 4 aromatic rings. The highest BCUT2D eigenvalue weighted by Crippen LogP contribution is 2.34. The van der Waals surface area contributed by atoms with Crippen molar-refractivity contribution < 1.29 is 22.7 Å². The monoisotopic (exact) mass is 589 g/mol. The highest BCUT2D eigenvalue weighted by Gasteiger charge is 2.36. The van der Waals surface area contributed by atoms with Crippen LogP contribution in [0.15, 0.2) is 114 Å². The van der Waals surface area contributed by atoms with Crippen molar-refractivity contribution >= 4 is 39.1 Å². The number of rotatable bonds is 9. The second-order valence-corrected chi connectivity index (χ2v) is 11.9. The fourth-order valence-corrected chi connectivity index (χ4v) is 6.01. The maximum atomic E-state index is 13.9. The van der Waals surface area contributed by atoms with Crippen molar-refractivity contribution in [3.05, 3.63) is 125 Å². The van der Waals surface area contributed by atoms with Gasteiger partial charge in [0, 0.05) is 18.1 Å². The molecule has 0 saturated heterocycles. The van der Waals surface area contributed by atoms with Gasteiger partial charge in [-0.2, -0.15) is 4.31 Å². The first-order valence-electron chi connectivity index (χ1n) is 13.0. The van der Waals surface area contributed by atoms with Crippen molar-refractivity contribution in [1.29, 1.82) is 0 Å². The number of hydrogen-bond donors (Lipinski definition) is 1. The quantitative estimate of drug-likeness (QED) is 0.307. The molecule has 1 atom stereocenters. The van der Waals surface area contributed by atoms with E-state index in [9.17, 15) is 18.0 Å². The van der Waals surface area contributed by atoms with Crippen molar-refractivity contribution in [1.82, 2.24) is 9.62 Å². The van der Waals surface area contributed by atoms with Gasteiger partial charge in [0.2, 0.25) is 15.9 Å². The van der Waals surface area contributed by atoms with Gasteiger partial charge in [0.1, 0.15) is 5.75 Å². The summed E-state index contributed by atoms with van der Waals surface area (Å²) in [5.74, 6) is -0.506. The number of ether oxygens (including phenoxy) is 1. The van der Waals surface area contributed by atoms with E-state index >= 15 is 0 Å². The second kappa shape index (κ2) is 12.6. The molecule has 1 unspecified atom stereocenters. The number of sulfonamides is 1. The van der Waals surface area contributed by atoms with Crippen LogP contribution < -0.4 is 15.0 Å². The molecule has 8 nitrogen and oxygen atoms in total. The first-order chi connectivity index (χ1) is 19.8. The van der Waals surface area contributed by atoms with E-state index in [1.54, 1.807) is 48.5 Å². The van der Waals surface area contributed by atoms with Gasteiger partial charge in [-0.25, -0.2) is 8.42 Å². The summed E-state index contributed by atoms with van der Waals surface area (Å²) in [5.41, 5.74) is 2.11. The summed E-state index contributed by atoms with van der Waals surface area (Å²) in [6.45, 7) is -0.243. The van der Waals surface area contributed by atoms with Crippen molar-refractivity contribution in [3.8, 4) is 5.75 Å². The maximum Gasteiger partial charge on any atom is 0.263 e. The normalized spacial score (nSPS) is 14.7. The minimum Gasteiger partial charge on any atom is -0.477 e. The van der Waals surface area contributed by atoms with Gasteiger partial charge in [-0.1, -0.05) is 84.4 Å². The minimum atomic E-state index is -4.08. The molecule has 0 saturated carbocycles. The van der Waals surface area contributed by atoms with Crippen LogP contribution in [0.25, 0.3) is 0 Å². The van der Waals surface area contributed by atoms with E-state index in [0.29, 0.717) is 23.0 Å². The van der Waals surface area contributed by atoms with E-state index in [2.05, 4.69) is 5.32 Å². The molecule has 210 valence electrons. The van der Waals surface area contributed by atoms with E-state index < -0.39 is 28.6 Å². The van der Waals surface area contributed by atoms with Crippen LogP contribution in [-0.2, 0) is 32.7 Å². The summed E-state index contributed by atoms with van der Waals surface area (Å²) in [4.78, 5) is 28.4. The average molecular weight is 590 g/mol. The topological polar surface area (TPSA) is 96.0 Å². The molecule has 1 aliphatic rings. The number of anilines is 1. The summed E-state index contributed by atoms with van der Waals surface area (Å²) in [6, 6.07) is 31.2. The lowest BCUT2D eigenvalue weighted by atomic mass is 10.1. The smallest absolute Gasteiger partial charge is 0.263 e. The number of carbonyl (C=O) groups is 2. The largest absolute Gasteiger partial charge is 0.477 e. The Balaban J connectivity index is 1.40. The first-order valence-corrected chi connectivity index (χ1v) is 14.8. The van der Waals surface area contributed by atoms with Gasteiger partial charge < -0.3 is 15.0 Å². The third kappa shape index (κ3) is 6.77. The van der Waals surface area contributed by atoms with Crippen LogP contribution in [0, 0.1) is 0 Å². The summed E-state index contributed by atoms with van der Waals surface area (Å²) in [5, 5.41) is 3.26. The molecule has 0 radical (unpaired) electrons. The molecule has 0 spiro atoms. The van der Waals surface area contributed by atoms with Crippen molar-refractivity contribution in [2.24, 2.45) is 0 Å². The van der Waals surface area contributed by atoms with Crippen LogP contribution >= 0.6 is 11.6 Å². The van der Waals surface area contributed by atoms with Crippen LogP contribution in [-0.4, -0.2) is 43.7 Å². The lowest BCUT2D eigenvalue weighted by Crippen LogP contribution is -2.52. The van der Waals surface area contributed by atoms with Crippen LogP contribution in [0.3, 0.4) is 0 Å². The number of amides is 2. The van der Waals surface area contributed by atoms with Crippen molar-refractivity contribution in [2.75, 3.05) is 18.0 Å². The number of fused-ring (bicyclic) bond motifs is 1. The Kier molecular flexibility index (Phi) is 8.68. The van der Waals surface area contributed by atoms with E-state index in [-0.39, 0.29) is 23.9 Å². The Labute approximate surface area is 244 Å². The summed E-state index contributed by atoms with van der Waals surface area (Å²) >= 11 is 5.99. The maximum absolute atomic E-state index is 13.9. The molecule has 1 N–H and O–H groups in total. The van der Waals surface area contributed by atoms with E-state index in [1.807, 2.05) is 36.4 Å².